The molecule has 134 valence electrons. The summed E-state index contributed by atoms with van der Waals surface area (Å²) in [6.45, 7) is 4.29. The minimum atomic E-state index is -0.205. The maximum Gasteiger partial charge on any atom is 0.274 e. The lowest BCUT2D eigenvalue weighted by Crippen LogP contribution is -2.41. The molecular formula is C20H17Cl3N2O. The van der Waals surface area contributed by atoms with E-state index in [9.17, 15) is 4.79 Å². The van der Waals surface area contributed by atoms with Crippen molar-refractivity contribution in [3.05, 3.63) is 92.2 Å². The summed E-state index contributed by atoms with van der Waals surface area (Å²) in [7, 11) is 0. The normalized spacial score (nSPS) is 10.8. The van der Waals surface area contributed by atoms with E-state index in [4.69, 9.17) is 34.8 Å². The van der Waals surface area contributed by atoms with Crippen LogP contribution in [0.4, 0.5) is 0 Å². The Morgan fingerprint density at radius 1 is 0.885 bits per heavy atom. The third kappa shape index (κ3) is 3.90. The minimum Gasteiger partial charge on any atom is -0.267 e. The van der Waals surface area contributed by atoms with E-state index >= 15 is 0 Å². The topological polar surface area (TPSA) is 25.2 Å². The van der Waals surface area contributed by atoms with Crippen molar-refractivity contribution in [1.29, 1.82) is 0 Å². The molecule has 1 aromatic heterocycles. The molecule has 0 N–H and O–H groups in total. The van der Waals surface area contributed by atoms with Gasteiger partial charge in [-0.1, -0.05) is 46.9 Å². The fourth-order valence-electron chi connectivity index (χ4n) is 2.84. The van der Waals surface area contributed by atoms with E-state index in [1.165, 1.54) is 0 Å². The highest BCUT2D eigenvalue weighted by Crippen LogP contribution is 2.24. The molecule has 3 rings (SSSR count). The monoisotopic (exact) mass is 406 g/mol. The maximum atomic E-state index is 13.3. The van der Waals surface area contributed by atoms with Crippen LogP contribution in [0.5, 0.6) is 0 Å². The van der Waals surface area contributed by atoms with E-state index in [1.54, 1.807) is 23.2 Å². The van der Waals surface area contributed by atoms with Gasteiger partial charge in [-0.05, 0) is 61.9 Å². The van der Waals surface area contributed by atoms with Crippen molar-refractivity contribution in [3.63, 3.8) is 0 Å². The summed E-state index contributed by atoms with van der Waals surface area (Å²) in [5, 5.41) is 3.14. The number of benzene rings is 2. The number of hydrogen-bond donors (Lipinski definition) is 0. The van der Waals surface area contributed by atoms with Crippen LogP contribution in [-0.2, 0) is 6.54 Å². The molecule has 3 nitrogen and oxygen atoms in total. The zero-order valence-corrected chi connectivity index (χ0v) is 16.6. The molecule has 0 saturated carbocycles. The fourth-order valence-corrected chi connectivity index (χ4v) is 3.45. The standard InChI is InChI=1S/C20H17Cl3N2O/c1-13-3-4-14(2)25(13)24(12-15-5-7-16(21)8-6-15)20(26)18-10-9-17(22)11-19(18)23/h3-11H,12H2,1-2H3. The third-order valence-corrected chi connectivity index (χ3v) is 4.92. The van der Waals surface area contributed by atoms with E-state index in [1.807, 2.05) is 54.9 Å². The predicted molar refractivity (Wildman–Crippen MR) is 108 cm³/mol. The first-order chi connectivity index (χ1) is 12.4. The van der Waals surface area contributed by atoms with Crippen LogP contribution in [0.2, 0.25) is 15.1 Å². The molecule has 1 heterocycles. The summed E-state index contributed by atoms with van der Waals surface area (Å²) in [6, 6.07) is 16.3. The van der Waals surface area contributed by atoms with E-state index in [0.29, 0.717) is 27.2 Å². The summed E-state index contributed by atoms with van der Waals surface area (Å²) in [4.78, 5) is 13.3. The summed E-state index contributed by atoms with van der Waals surface area (Å²) in [5.41, 5.74) is 3.27. The van der Waals surface area contributed by atoms with Gasteiger partial charge >= 0.3 is 0 Å². The van der Waals surface area contributed by atoms with Crippen molar-refractivity contribution in [1.82, 2.24) is 4.68 Å². The highest BCUT2D eigenvalue weighted by molar-refractivity contribution is 6.37. The van der Waals surface area contributed by atoms with Crippen LogP contribution < -0.4 is 5.01 Å². The first-order valence-corrected chi connectivity index (χ1v) is 9.17. The lowest BCUT2D eigenvalue weighted by atomic mass is 10.1. The molecule has 0 unspecified atom stereocenters. The quantitative estimate of drug-likeness (QED) is 0.517. The van der Waals surface area contributed by atoms with Crippen LogP contribution >= 0.6 is 34.8 Å². The molecule has 2 aromatic carbocycles. The van der Waals surface area contributed by atoms with Gasteiger partial charge in [0.1, 0.15) is 0 Å². The van der Waals surface area contributed by atoms with Gasteiger partial charge in [-0.15, -0.1) is 0 Å². The molecule has 6 heteroatoms. The van der Waals surface area contributed by atoms with Crippen molar-refractivity contribution in [2.24, 2.45) is 0 Å². The molecule has 0 spiro atoms. The Morgan fingerprint density at radius 2 is 1.46 bits per heavy atom. The number of nitrogens with zero attached hydrogens (tertiary/aromatic N) is 2. The first-order valence-electron chi connectivity index (χ1n) is 8.03. The number of hydrogen-bond acceptors (Lipinski definition) is 1. The molecule has 0 saturated heterocycles. The zero-order chi connectivity index (χ0) is 18.8. The average Bonchev–Trinajstić information content (AvgIpc) is 2.93. The van der Waals surface area contributed by atoms with Crippen molar-refractivity contribution < 1.29 is 4.79 Å². The highest BCUT2D eigenvalue weighted by atomic mass is 35.5. The Kier molecular flexibility index (Phi) is 5.61. The molecule has 0 radical (unpaired) electrons. The van der Waals surface area contributed by atoms with Gasteiger partial charge in [0.15, 0.2) is 0 Å². The Morgan fingerprint density at radius 3 is 2.04 bits per heavy atom. The molecule has 0 aliphatic heterocycles. The average molecular weight is 408 g/mol. The molecule has 0 bridgehead atoms. The molecule has 0 aliphatic rings. The predicted octanol–water partition coefficient (Wildman–Crippen LogP) is 6.04. The second-order valence-electron chi connectivity index (χ2n) is 6.04. The first kappa shape index (κ1) is 18.8. The number of amides is 1. The Bertz CT molecular complexity index is 929. The second-order valence-corrected chi connectivity index (χ2v) is 7.32. The van der Waals surface area contributed by atoms with Crippen molar-refractivity contribution in [3.8, 4) is 0 Å². The number of carbonyl (C=O) groups is 1. The summed E-state index contributed by atoms with van der Waals surface area (Å²) in [5.74, 6) is -0.205. The lowest BCUT2D eigenvalue weighted by molar-refractivity contribution is 0.0954. The van der Waals surface area contributed by atoms with Crippen LogP contribution in [0.15, 0.2) is 54.6 Å². The van der Waals surface area contributed by atoms with E-state index < -0.39 is 0 Å². The highest BCUT2D eigenvalue weighted by Gasteiger charge is 2.22. The molecule has 26 heavy (non-hydrogen) atoms. The SMILES string of the molecule is Cc1ccc(C)n1N(Cc1ccc(Cl)cc1)C(=O)c1ccc(Cl)cc1Cl. The molecule has 0 fully saturated rings. The smallest absolute Gasteiger partial charge is 0.267 e. The van der Waals surface area contributed by atoms with Gasteiger partial charge in [0.25, 0.3) is 5.91 Å². The number of aryl methyl sites for hydroxylation is 2. The molecule has 0 atom stereocenters. The van der Waals surface area contributed by atoms with Gasteiger partial charge in [0.05, 0.1) is 17.1 Å². The van der Waals surface area contributed by atoms with E-state index in [2.05, 4.69) is 0 Å². The fraction of sp³-hybridized carbons (Fsp3) is 0.150. The van der Waals surface area contributed by atoms with E-state index in [0.717, 1.165) is 17.0 Å². The van der Waals surface area contributed by atoms with Gasteiger partial charge in [0.2, 0.25) is 0 Å². The van der Waals surface area contributed by atoms with Crippen molar-refractivity contribution in [2.75, 3.05) is 5.01 Å². The number of halogens is 3. The molecule has 1 amide bonds. The number of aromatic nitrogens is 1. The Balaban J connectivity index is 2.05. The van der Waals surface area contributed by atoms with Crippen molar-refractivity contribution >= 4 is 40.7 Å². The van der Waals surface area contributed by atoms with Gasteiger partial charge in [-0.3, -0.25) is 9.47 Å². The Hall–Kier alpha value is -1.94. The van der Waals surface area contributed by atoms with Crippen LogP contribution in [0, 0.1) is 13.8 Å². The zero-order valence-electron chi connectivity index (χ0n) is 14.3. The van der Waals surface area contributed by atoms with Crippen LogP contribution in [-0.4, -0.2) is 10.6 Å². The number of rotatable bonds is 4. The van der Waals surface area contributed by atoms with Gasteiger partial charge in [-0.2, -0.15) is 0 Å². The minimum absolute atomic E-state index is 0.205. The third-order valence-electron chi connectivity index (χ3n) is 4.12. The molecular weight excluding hydrogens is 391 g/mol. The number of carbonyl (C=O) groups excluding carboxylic acids is 1. The Labute approximate surface area is 167 Å². The van der Waals surface area contributed by atoms with Gasteiger partial charge < -0.3 is 0 Å². The van der Waals surface area contributed by atoms with E-state index in [-0.39, 0.29) is 5.91 Å². The van der Waals surface area contributed by atoms with Gasteiger partial charge in [0, 0.05) is 21.4 Å². The summed E-state index contributed by atoms with van der Waals surface area (Å²) in [6.07, 6.45) is 0. The van der Waals surface area contributed by atoms with Crippen LogP contribution in [0.25, 0.3) is 0 Å². The van der Waals surface area contributed by atoms with Gasteiger partial charge in [-0.25, -0.2) is 5.01 Å². The van der Waals surface area contributed by atoms with Crippen LogP contribution in [0.3, 0.4) is 0 Å². The van der Waals surface area contributed by atoms with Crippen molar-refractivity contribution in [2.45, 2.75) is 20.4 Å². The molecule has 3 aromatic rings. The lowest BCUT2D eigenvalue weighted by Gasteiger charge is -2.27. The summed E-state index contributed by atoms with van der Waals surface area (Å²) >= 11 is 18.2. The molecule has 0 aliphatic carbocycles. The maximum absolute atomic E-state index is 13.3. The van der Waals surface area contributed by atoms with Crippen LogP contribution in [0.1, 0.15) is 27.3 Å². The second kappa shape index (κ2) is 7.75. The summed E-state index contributed by atoms with van der Waals surface area (Å²) < 4.78 is 1.89. The largest absolute Gasteiger partial charge is 0.274 e.